The zero-order valence-electron chi connectivity index (χ0n) is 13.2. The van der Waals surface area contributed by atoms with E-state index < -0.39 is 24.9 Å². The summed E-state index contributed by atoms with van der Waals surface area (Å²) in [5.41, 5.74) is 0. The van der Waals surface area contributed by atoms with Gasteiger partial charge in [-0.1, -0.05) is 0 Å². The summed E-state index contributed by atoms with van der Waals surface area (Å²) in [6.45, 7) is 2.26. The molecule has 6 nitrogen and oxygen atoms in total. The number of rotatable bonds is 3. The van der Waals surface area contributed by atoms with Crippen molar-refractivity contribution in [2.24, 2.45) is 0 Å². The maximum Gasteiger partial charge on any atom is 0.389 e. The standard InChI is InChI=1S/C15H18F3N3O3/c1-9-19-6-12(24-9)14(23)20-7-10-2-3-11(8-20)21(10)13(22)4-5-15(16,17)18/h6,10-11H,2-5,7-8H2,1H3. The molecule has 1 aromatic heterocycles. The van der Waals surface area contributed by atoms with Crippen LogP contribution in [-0.4, -0.2) is 57.9 Å². The molecule has 2 unspecified atom stereocenters. The van der Waals surface area contributed by atoms with Crippen LogP contribution in [0, 0.1) is 6.92 Å². The van der Waals surface area contributed by atoms with Crippen LogP contribution >= 0.6 is 0 Å². The molecule has 0 N–H and O–H groups in total. The highest BCUT2D eigenvalue weighted by atomic mass is 19.4. The number of hydrogen-bond acceptors (Lipinski definition) is 4. The van der Waals surface area contributed by atoms with Gasteiger partial charge in [0.2, 0.25) is 11.7 Å². The molecule has 1 aromatic rings. The van der Waals surface area contributed by atoms with Crippen molar-refractivity contribution in [2.45, 2.75) is 50.9 Å². The van der Waals surface area contributed by atoms with Gasteiger partial charge in [0.05, 0.1) is 12.6 Å². The highest BCUT2D eigenvalue weighted by Crippen LogP contribution is 2.32. The second-order valence-corrected chi connectivity index (χ2v) is 6.25. The molecule has 3 heterocycles. The summed E-state index contributed by atoms with van der Waals surface area (Å²) in [4.78, 5) is 31.6. The number of aryl methyl sites for hydroxylation is 1. The van der Waals surface area contributed by atoms with E-state index in [4.69, 9.17) is 4.42 Å². The third kappa shape index (κ3) is 3.39. The van der Waals surface area contributed by atoms with Gasteiger partial charge < -0.3 is 14.2 Å². The molecular weight excluding hydrogens is 327 g/mol. The van der Waals surface area contributed by atoms with Crippen LogP contribution in [0.25, 0.3) is 0 Å². The number of alkyl halides is 3. The predicted octanol–water partition coefficient (Wildman–Crippen LogP) is 2.14. The van der Waals surface area contributed by atoms with Gasteiger partial charge in [0.25, 0.3) is 5.91 Å². The van der Waals surface area contributed by atoms with Gasteiger partial charge in [0.1, 0.15) is 0 Å². The molecule has 24 heavy (non-hydrogen) atoms. The van der Waals surface area contributed by atoms with Crippen molar-refractivity contribution in [3.63, 3.8) is 0 Å². The van der Waals surface area contributed by atoms with Crippen molar-refractivity contribution in [2.75, 3.05) is 13.1 Å². The Labute approximate surface area is 136 Å². The fourth-order valence-corrected chi connectivity index (χ4v) is 3.47. The van der Waals surface area contributed by atoms with Gasteiger partial charge in [0.15, 0.2) is 5.89 Å². The first kappa shape index (κ1) is 16.8. The third-order valence-electron chi connectivity index (χ3n) is 4.51. The van der Waals surface area contributed by atoms with Crippen molar-refractivity contribution in [3.8, 4) is 0 Å². The number of piperazine rings is 1. The lowest BCUT2D eigenvalue weighted by molar-refractivity contribution is -0.152. The Balaban J connectivity index is 1.64. The van der Waals surface area contributed by atoms with E-state index in [1.165, 1.54) is 6.20 Å². The summed E-state index contributed by atoms with van der Waals surface area (Å²) in [7, 11) is 0. The number of carbonyl (C=O) groups is 2. The van der Waals surface area contributed by atoms with E-state index in [1.807, 2.05) is 0 Å². The van der Waals surface area contributed by atoms with Crippen molar-refractivity contribution in [1.82, 2.24) is 14.8 Å². The van der Waals surface area contributed by atoms with E-state index in [1.54, 1.807) is 16.7 Å². The van der Waals surface area contributed by atoms with E-state index in [-0.39, 0.29) is 23.8 Å². The SMILES string of the molecule is Cc1ncc(C(=O)N2CC3CCC(C2)N3C(=O)CCC(F)(F)F)o1. The summed E-state index contributed by atoms with van der Waals surface area (Å²) in [6, 6.07) is -0.449. The second-order valence-electron chi connectivity index (χ2n) is 6.25. The van der Waals surface area contributed by atoms with E-state index in [9.17, 15) is 22.8 Å². The molecule has 2 aliphatic rings. The minimum absolute atomic E-state index is 0.142. The van der Waals surface area contributed by atoms with Crippen LogP contribution < -0.4 is 0 Å². The van der Waals surface area contributed by atoms with Gasteiger partial charge in [-0.25, -0.2) is 4.98 Å². The topological polar surface area (TPSA) is 66.7 Å². The molecule has 0 aliphatic carbocycles. The van der Waals surface area contributed by atoms with Gasteiger partial charge >= 0.3 is 6.18 Å². The van der Waals surface area contributed by atoms with Gasteiger partial charge in [-0.15, -0.1) is 0 Å². The van der Waals surface area contributed by atoms with E-state index in [0.717, 1.165) is 0 Å². The molecule has 0 aromatic carbocycles. The Morgan fingerprint density at radius 1 is 1.29 bits per heavy atom. The number of carbonyl (C=O) groups excluding carboxylic acids is 2. The quantitative estimate of drug-likeness (QED) is 0.842. The van der Waals surface area contributed by atoms with Gasteiger partial charge in [0, 0.05) is 38.5 Å². The number of fused-ring (bicyclic) bond motifs is 2. The van der Waals surface area contributed by atoms with Crippen LogP contribution in [0.15, 0.2) is 10.6 Å². The van der Waals surface area contributed by atoms with Crippen molar-refractivity contribution in [3.05, 3.63) is 17.8 Å². The Bertz CT molecular complexity index is 629. The smallest absolute Gasteiger partial charge is 0.389 e. The van der Waals surface area contributed by atoms with Crippen LogP contribution in [0.2, 0.25) is 0 Å². The van der Waals surface area contributed by atoms with E-state index in [2.05, 4.69) is 4.98 Å². The Kier molecular flexibility index (Phi) is 4.27. The average molecular weight is 345 g/mol. The van der Waals surface area contributed by atoms with Crippen LogP contribution in [0.3, 0.4) is 0 Å². The fraction of sp³-hybridized carbons (Fsp3) is 0.667. The molecule has 2 atom stereocenters. The zero-order valence-corrected chi connectivity index (χ0v) is 13.2. The lowest BCUT2D eigenvalue weighted by atomic mass is 10.1. The van der Waals surface area contributed by atoms with E-state index >= 15 is 0 Å². The molecule has 2 amide bonds. The fourth-order valence-electron chi connectivity index (χ4n) is 3.47. The zero-order chi connectivity index (χ0) is 17.5. The average Bonchev–Trinajstić information content (AvgIpc) is 3.04. The molecule has 9 heteroatoms. The van der Waals surface area contributed by atoms with Crippen molar-refractivity contribution < 1.29 is 27.2 Å². The molecule has 0 spiro atoms. The molecule has 2 saturated heterocycles. The van der Waals surface area contributed by atoms with Crippen LogP contribution in [0.4, 0.5) is 13.2 Å². The molecule has 3 rings (SSSR count). The lowest BCUT2D eigenvalue weighted by Crippen LogP contribution is -2.57. The summed E-state index contributed by atoms with van der Waals surface area (Å²) < 4.78 is 42.2. The molecule has 0 radical (unpaired) electrons. The number of likely N-dealkylation sites (tertiary alicyclic amines) is 1. The largest absolute Gasteiger partial charge is 0.436 e. The highest BCUT2D eigenvalue weighted by Gasteiger charge is 2.44. The Morgan fingerprint density at radius 3 is 2.42 bits per heavy atom. The Morgan fingerprint density at radius 2 is 1.92 bits per heavy atom. The summed E-state index contributed by atoms with van der Waals surface area (Å²) >= 11 is 0. The van der Waals surface area contributed by atoms with E-state index in [0.29, 0.717) is 31.8 Å². The molecule has 2 aliphatic heterocycles. The van der Waals surface area contributed by atoms with Gasteiger partial charge in [-0.05, 0) is 12.8 Å². The summed E-state index contributed by atoms with van der Waals surface area (Å²) in [5.74, 6) is -0.247. The van der Waals surface area contributed by atoms with Crippen LogP contribution in [0.1, 0.15) is 42.1 Å². The number of aromatic nitrogens is 1. The number of hydrogen-bond donors (Lipinski definition) is 0. The minimum Gasteiger partial charge on any atom is -0.436 e. The predicted molar refractivity (Wildman–Crippen MR) is 76.1 cm³/mol. The van der Waals surface area contributed by atoms with Crippen LogP contribution in [-0.2, 0) is 4.79 Å². The second kappa shape index (κ2) is 6.10. The molecule has 132 valence electrons. The van der Waals surface area contributed by atoms with Crippen molar-refractivity contribution >= 4 is 11.8 Å². The number of amides is 2. The molecule has 0 saturated carbocycles. The summed E-state index contributed by atoms with van der Waals surface area (Å²) in [6.07, 6.45) is -3.23. The first-order valence-electron chi connectivity index (χ1n) is 7.84. The summed E-state index contributed by atoms with van der Waals surface area (Å²) in [5, 5.41) is 0. The van der Waals surface area contributed by atoms with Crippen LogP contribution in [0.5, 0.6) is 0 Å². The first-order chi connectivity index (χ1) is 11.2. The number of halogens is 3. The lowest BCUT2D eigenvalue weighted by Gasteiger charge is -2.40. The van der Waals surface area contributed by atoms with Crippen molar-refractivity contribution in [1.29, 1.82) is 0 Å². The molecular formula is C15H18F3N3O3. The number of oxazole rings is 1. The Hall–Kier alpha value is -2.06. The maximum atomic E-state index is 12.4. The maximum absolute atomic E-state index is 12.4. The molecule has 2 bridgehead atoms. The number of nitrogens with zero attached hydrogens (tertiary/aromatic N) is 3. The minimum atomic E-state index is -4.34. The molecule has 2 fully saturated rings. The normalized spacial score (nSPS) is 23.7. The van der Waals surface area contributed by atoms with Gasteiger partial charge in [-0.2, -0.15) is 13.2 Å². The monoisotopic (exact) mass is 345 g/mol. The third-order valence-corrected chi connectivity index (χ3v) is 4.51. The first-order valence-corrected chi connectivity index (χ1v) is 7.84. The highest BCUT2D eigenvalue weighted by molar-refractivity contribution is 5.91. The van der Waals surface area contributed by atoms with Gasteiger partial charge in [-0.3, -0.25) is 9.59 Å².